The number of carbonyl (C=O) groups is 1. The number of likely N-dealkylation sites (N-methyl/N-ethyl adjacent to an activating group) is 1. The molecular formula is C29H31FN4O3. The van der Waals surface area contributed by atoms with Gasteiger partial charge in [-0.25, -0.2) is 9.37 Å². The van der Waals surface area contributed by atoms with E-state index in [9.17, 15) is 14.3 Å². The smallest absolute Gasteiger partial charge is 0.259 e. The molecule has 192 valence electrons. The minimum absolute atomic E-state index is 0.0166. The third-order valence-corrected chi connectivity index (χ3v) is 6.37. The van der Waals surface area contributed by atoms with Gasteiger partial charge < -0.3 is 14.7 Å². The molecule has 0 fully saturated rings. The van der Waals surface area contributed by atoms with E-state index in [0.717, 1.165) is 5.69 Å². The summed E-state index contributed by atoms with van der Waals surface area (Å²) in [7, 11) is 2.01. The van der Waals surface area contributed by atoms with E-state index in [4.69, 9.17) is 4.74 Å². The van der Waals surface area contributed by atoms with Gasteiger partial charge in [0.1, 0.15) is 17.5 Å². The lowest BCUT2D eigenvalue weighted by Gasteiger charge is -2.37. The minimum atomic E-state index is -0.373. The Morgan fingerprint density at radius 2 is 1.95 bits per heavy atom. The number of amides is 1. The van der Waals surface area contributed by atoms with Crippen LogP contribution >= 0.6 is 0 Å². The maximum absolute atomic E-state index is 13.6. The zero-order valence-corrected chi connectivity index (χ0v) is 21.3. The number of nitrogens with zero attached hydrogens (tertiary/aromatic N) is 4. The molecule has 0 aliphatic carbocycles. The van der Waals surface area contributed by atoms with Crippen LogP contribution in [-0.4, -0.2) is 69.7 Å². The first kappa shape index (κ1) is 26.3. The molecule has 0 saturated heterocycles. The molecule has 0 bridgehead atoms. The van der Waals surface area contributed by atoms with E-state index in [1.54, 1.807) is 35.5 Å². The molecule has 1 aliphatic rings. The van der Waals surface area contributed by atoms with Crippen molar-refractivity contribution in [2.45, 2.75) is 32.5 Å². The number of benzene rings is 1. The number of hydrogen-bond acceptors (Lipinski definition) is 6. The standard InChI is InChI=1S/C29H31FN4O3/c1-20-16-34(21(2)19-35)29(36)26-14-23(8-7-22-9-11-24(30)12-10-22)15-32-28(26)37-27(20)18-33(3)17-25-6-4-5-13-31-25/h4-6,9-15,20-21,27,35H,16-19H2,1-3H3/t20-,21-,27+/m1/s1. The quantitative estimate of drug-likeness (QED) is 0.521. The summed E-state index contributed by atoms with van der Waals surface area (Å²) >= 11 is 0. The lowest BCUT2D eigenvalue weighted by molar-refractivity contribution is 0.0324. The zero-order valence-electron chi connectivity index (χ0n) is 21.3. The van der Waals surface area contributed by atoms with Crippen molar-refractivity contribution in [3.63, 3.8) is 0 Å². The third-order valence-electron chi connectivity index (χ3n) is 6.37. The van der Waals surface area contributed by atoms with Gasteiger partial charge in [0, 0.05) is 49.1 Å². The van der Waals surface area contributed by atoms with Crippen molar-refractivity contribution in [2.24, 2.45) is 5.92 Å². The van der Waals surface area contributed by atoms with Crippen molar-refractivity contribution < 1.29 is 19.0 Å². The highest BCUT2D eigenvalue weighted by Gasteiger charge is 2.34. The van der Waals surface area contributed by atoms with Crippen LogP contribution in [0.5, 0.6) is 5.88 Å². The molecule has 0 unspecified atom stereocenters. The summed E-state index contributed by atoms with van der Waals surface area (Å²) in [4.78, 5) is 26.2. The average molecular weight is 503 g/mol. The van der Waals surface area contributed by atoms with Crippen LogP contribution in [0.4, 0.5) is 4.39 Å². The van der Waals surface area contributed by atoms with Gasteiger partial charge in [-0.05, 0) is 56.4 Å². The fraction of sp³-hybridized carbons (Fsp3) is 0.345. The van der Waals surface area contributed by atoms with Crippen molar-refractivity contribution in [1.82, 2.24) is 19.8 Å². The van der Waals surface area contributed by atoms with Gasteiger partial charge in [-0.3, -0.25) is 14.7 Å². The summed E-state index contributed by atoms with van der Waals surface area (Å²) in [5, 5.41) is 9.86. The molecule has 1 aromatic carbocycles. The molecule has 37 heavy (non-hydrogen) atoms. The van der Waals surface area contributed by atoms with E-state index in [2.05, 4.69) is 26.7 Å². The molecule has 3 aromatic rings. The molecule has 1 amide bonds. The highest BCUT2D eigenvalue weighted by molar-refractivity contribution is 5.97. The summed E-state index contributed by atoms with van der Waals surface area (Å²) in [5.74, 6) is 5.61. The molecule has 3 heterocycles. The Bertz CT molecular complexity index is 1270. The Morgan fingerprint density at radius 1 is 1.19 bits per heavy atom. The number of ether oxygens (including phenoxy) is 1. The SMILES string of the molecule is C[C@@H]1CN([C@H](C)CO)C(=O)c2cc(C#Cc3ccc(F)cc3)cnc2O[C@H]1CN(C)Cc1ccccn1. The van der Waals surface area contributed by atoms with Gasteiger partial charge in [0.25, 0.3) is 5.91 Å². The zero-order chi connectivity index (χ0) is 26.4. The van der Waals surface area contributed by atoms with E-state index in [-0.39, 0.29) is 42.3 Å². The van der Waals surface area contributed by atoms with Gasteiger partial charge in [-0.2, -0.15) is 0 Å². The molecule has 2 aromatic heterocycles. The Balaban J connectivity index is 1.62. The van der Waals surface area contributed by atoms with Crippen LogP contribution in [0.2, 0.25) is 0 Å². The van der Waals surface area contributed by atoms with Gasteiger partial charge in [-0.15, -0.1) is 0 Å². The minimum Gasteiger partial charge on any atom is -0.472 e. The number of rotatable bonds is 6. The topological polar surface area (TPSA) is 78.8 Å². The highest BCUT2D eigenvalue weighted by atomic mass is 19.1. The van der Waals surface area contributed by atoms with Crippen LogP contribution in [-0.2, 0) is 6.54 Å². The molecule has 3 atom stereocenters. The summed E-state index contributed by atoms with van der Waals surface area (Å²) in [6.07, 6.45) is 3.09. The van der Waals surface area contributed by atoms with Gasteiger partial charge >= 0.3 is 0 Å². The second-order valence-corrected chi connectivity index (χ2v) is 9.47. The Morgan fingerprint density at radius 3 is 2.65 bits per heavy atom. The fourth-order valence-corrected chi connectivity index (χ4v) is 4.21. The Labute approximate surface area is 216 Å². The second kappa shape index (κ2) is 12.0. The number of carbonyl (C=O) groups excluding carboxylic acids is 1. The Kier molecular flexibility index (Phi) is 8.49. The van der Waals surface area contributed by atoms with Crippen LogP contribution in [0.15, 0.2) is 60.9 Å². The second-order valence-electron chi connectivity index (χ2n) is 9.47. The molecule has 8 heteroatoms. The molecule has 0 saturated carbocycles. The number of pyridine rings is 2. The van der Waals surface area contributed by atoms with E-state index >= 15 is 0 Å². The van der Waals surface area contributed by atoms with E-state index < -0.39 is 0 Å². The first-order valence-electron chi connectivity index (χ1n) is 12.3. The first-order valence-corrected chi connectivity index (χ1v) is 12.3. The predicted octanol–water partition coefficient (Wildman–Crippen LogP) is 3.37. The number of aromatic nitrogens is 2. The number of fused-ring (bicyclic) bond motifs is 1. The molecule has 0 radical (unpaired) electrons. The Hall–Kier alpha value is -3.80. The molecule has 1 N–H and O–H groups in total. The average Bonchev–Trinajstić information content (AvgIpc) is 2.90. The van der Waals surface area contributed by atoms with Crippen LogP contribution in [0.1, 0.15) is 41.0 Å². The van der Waals surface area contributed by atoms with E-state index in [1.807, 2.05) is 39.1 Å². The third kappa shape index (κ3) is 6.70. The maximum Gasteiger partial charge on any atom is 0.259 e. The predicted molar refractivity (Wildman–Crippen MR) is 138 cm³/mol. The number of halogens is 1. The van der Waals surface area contributed by atoms with Crippen molar-refractivity contribution >= 4 is 5.91 Å². The number of hydrogen-bond donors (Lipinski definition) is 1. The molecule has 1 aliphatic heterocycles. The molecule has 0 spiro atoms. The first-order chi connectivity index (χ1) is 17.8. The van der Waals surface area contributed by atoms with Crippen LogP contribution in [0, 0.1) is 23.6 Å². The maximum atomic E-state index is 13.6. The van der Waals surface area contributed by atoms with E-state index in [0.29, 0.717) is 36.3 Å². The van der Waals surface area contributed by atoms with Gasteiger partial charge in [0.05, 0.1) is 18.3 Å². The monoisotopic (exact) mass is 502 g/mol. The highest BCUT2D eigenvalue weighted by Crippen LogP contribution is 2.27. The molecule has 7 nitrogen and oxygen atoms in total. The summed E-state index contributed by atoms with van der Waals surface area (Å²) in [5.41, 5.74) is 2.44. The van der Waals surface area contributed by atoms with E-state index in [1.165, 1.54) is 12.1 Å². The summed E-state index contributed by atoms with van der Waals surface area (Å²) < 4.78 is 19.5. The number of aliphatic hydroxyl groups excluding tert-OH is 1. The fourth-order valence-electron chi connectivity index (χ4n) is 4.21. The lowest BCUT2D eigenvalue weighted by Crippen LogP contribution is -2.49. The van der Waals surface area contributed by atoms with Crippen molar-refractivity contribution in [3.05, 3.63) is 89.1 Å². The van der Waals surface area contributed by atoms with Gasteiger partial charge in [0.2, 0.25) is 5.88 Å². The van der Waals surface area contributed by atoms with Crippen molar-refractivity contribution in [1.29, 1.82) is 0 Å². The molecular weight excluding hydrogens is 471 g/mol. The summed E-state index contributed by atoms with van der Waals surface area (Å²) in [6, 6.07) is 13.0. The lowest BCUT2D eigenvalue weighted by atomic mass is 10.00. The molecule has 4 rings (SSSR count). The number of aliphatic hydroxyl groups is 1. The van der Waals surface area contributed by atoms with Crippen molar-refractivity contribution in [3.8, 4) is 17.7 Å². The van der Waals surface area contributed by atoms with Crippen molar-refractivity contribution in [2.75, 3.05) is 26.7 Å². The summed E-state index contributed by atoms with van der Waals surface area (Å²) in [6.45, 7) is 5.38. The van der Waals surface area contributed by atoms with Crippen LogP contribution < -0.4 is 4.74 Å². The largest absolute Gasteiger partial charge is 0.472 e. The van der Waals surface area contributed by atoms with Crippen LogP contribution in [0.25, 0.3) is 0 Å². The van der Waals surface area contributed by atoms with Crippen LogP contribution in [0.3, 0.4) is 0 Å². The van der Waals surface area contributed by atoms with Gasteiger partial charge in [0.15, 0.2) is 0 Å². The van der Waals surface area contributed by atoms with Gasteiger partial charge in [-0.1, -0.05) is 24.8 Å². The normalized spacial score (nSPS) is 18.2.